The average molecular weight is 393 g/mol. The zero-order valence-electron chi connectivity index (χ0n) is 14.7. The molecule has 1 N–H and O–H groups in total. The van der Waals surface area contributed by atoms with Crippen molar-refractivity contribution < 1.29 is 19.1 Å². The molecule has 1 unspecified atom stereocenters. The van der Waals surface area contributed by atoms with Crippen molar-refractivity contribution >= 4 is 28.8 Å². The number of aliphatic hydroxyl groups is 1. The second-order valence-corrected chi connectivity index (χ2v) is 7.46. The number of thiophene rings is 1. The van der Waals surface area contributed by atoms with Gasteiger partial charge in [-0.25, -0.2) is 4.39 Å². The molecule has 1 aliphatic heterocycles. The number of ketones is 1. The molecular weight excluding hydrogens is 377 g/mol. The first-order chi connectivity index (χ1) is 13.6. The lowest BCUT2D eigenvalue weighted by Gasteiger charge is -2.24. The standard InChI is InChI=1S/C22H16FNO3S/c23-16-10-8-15(9-11-16)20(25)18-19(14-5-2-1-3-6-14)24(22(27)21(18)26)13-17-7-4-12-28-17/h1-12,19,25H,13H2/b20-18-. The number of hydrogen-bond donors (Lipinski definition) is 1. The molecular formula is C22H16FNO3S. The zero-order valence-corrected chi connectivity index (χ0v) is 15.5. The Kier molecular flexibility index (Phi) is 4.79. The fraction of sp³-hybridized carbons (Fsp3) is 0.0909. The van der Waals surface area contributed by atoms with Gasteiger partial charge in [0.25, 0.3) is 11.7 Å². The first kappa shape index (κ1) is 18.1. The molecule has 4 rings (SSSR count). The third kappa shape index (κ3) is 3.23. The van der Waals surface area contributed by atoms with Crippen LogP contribution in [-0.4, -0.2) is 21.7 Å². The number of benzene rings is 2. The fourth-order valence-electron chi connectivity index (χ4n) is 3.36. The van der Waals surface area contributed by atoms with E-state index in [4.69, 9.17) is 0 Å². The molecule has 1 saturated heterocycles. The lowest BCUT2D eigenvalue weighted by Crippen LogP contribution is -2.28. The molecule has 0 aliphatic carbocycles. The molecule has 3 aromatic rings. The van der Waals surface area contributed by atoms with Crippen LogP contribution in [0.5, 0.6) is 0 Å². The topological polar surface area (TPSA) is 57.6 Å². The van der Waals surface area contributed by atoms with E-state index < -0.39 is 23.5 Å². The third-order valence-corrected chi connectivity index (χ3v) is 5.54. The maximum Gasteiger partial charge on any atom is 0.295 e. The molecule has 1 aliphatic rings. The van der Waals surface area contributed by atoms with E-state index in [2.05, 4.69) is 0 Å². The summed E-state index contributed by atoms with van der Waals surface area (Å²) in [6, 6.07) is 17.4. The Labute approximate surface area is 165 Å². The molecule has 0 bridgehead atoms. The molecule has 1 amide bonds. The zero-order chi connectivity index (χ0) is 19.7. The van der Waals surface area contributed by atoms with Gasteiger partial charge in [-0.15, -0.1) is 11.3 Å². The Morgan fingerprint density at radius 1 is 1.00 bits per heavy atom. The predicted octanol–water partition coefficient (Wildman–Crippen LogP) is 4.51. The quantitative estimate of drug-likeness (QED) is 0.403. The highest BCUT2D eigenvalue weighted by Gasteiger charge is 2.46. The van der Waals surface area contributed by atoms with E-state index in [0.717, 1.165) is 10.4 Å². The molecule has 6 heteroatoms. The molecule has 28 heavy (non-hydrogen) atoms. The summed E-state index contributed by atoms with van der Waals surface area (Å²) in [4.78, 5) is 28.0. The van der Waals surface area contributed by atoms with Crippen LogP contribution in [0.2, 0.25) is 0 Å². The smallest absolute Gasteiger partial charge is 0.295 e. The summed E-state index contributed by atoms with van der Waals surface area (Å²) in [7, 11) is 0. The van der Waals surface area contributed by atoms with Crippen molar-refractivity contribution in [3.8, 4) is 0 Å². The molecule has 1 fully saturated rings. The molecule has 2 aromatic carbocycles. The van der Waals surface area contributed by atoms with Crippen LogP contribution < -0.4 is 0 Å². The van der Waals surface area contributed by atoms with Crippen molar-refractivity contribution in [1.29, 1.82) is 0 Å². The summed E-state index contributed by atoms with van der Waals surface area (Å²) in [5, 5.41) is 12.7. The van der Waals surface area contributed by atoms with Crippen LogP contribution in [0.3, 0.4) is 0 Å². The van der Waals surface area contributed by atoms with Gasteiger partial charge in [0.1, 0.15) is 11.6 Å². The Bertz CT molecular complexity index is 1040. The van der Waals surface area contributed by atoms with Gasteiger partial charge in [-0.2, -0.15) is 0 Å². The minimum absolute atomic E-state index is 0.0133. The van der Waals surface area contributed by atoms with E-state index in [0.29, 0.717) is 0 Å². The van der Waals surface area contributed by atoms with Crippen LogP contribution in [0.4, 0.5) is 4.39 Å². The molecule has 2 heterocycles. The minimum atomic E-state index is -0.743. The van der Waals surface area contributed by atoms with Gasteiger partial charge in [-0.3, -0.25) is 9.59 Å². The second kappa shape index (κ2) is 7.40. The van der Waals surface area contributed by atoms with Crippen molar-refractivity contribution in [3.63, 3.8) is 0 Å². The first-order valence-corrected chi connectivity index (χ1v) is 9.56. The van der Waals surface area contributed by atoms with E-state index >= 15 is 0 Å². The van der Waals surface area contributed by atoms with Crippen LogP contribution in [0.25, 0.3) is 5.76 Å². The molecule has 0 spiro atoms. The summed E-state index contributed by atoms with van der Waals surface area (Å²) in [6.07, 6.45) is 0. The third-order valence-electron chi connectivity index (χ3n) is 4.68. The van der Waals surface area contributed by atoms with E-state index in [1.54, 1.807) is 0 Å². The van der Waals surface area contributed by atoms with Crippen LogP contribution in [-0.2, 0) is 16.1 Å². The highest BCUT2D eigenvalue weighted by atomic mass is 32.1. The lowest BCUT2D eigenvalue weighted by atomic mass is 9.95. The maximum atomic E-state index is 13.3. The van der Waals surface area contributed by atoms with Gasteiger partial charge in [0, 0.05) is 10.4 Å². The van der Waals surface area contributed by atoms with Crippen molar-refractivity contribution in [2.45, 2.75) is 12.6 Å². The van der Waals surface area contributed by atoms with Crippen molar-refractivity contribution in [2.75, 3.05) is 0 Å². The van der Waals surface area contributed by atoms with Gasteiger partial charge in [-0.1, -0.05) is 36.4 Å². The molecule has 4 nitrogen and oxygen atoms in total. The van der Waals surface area contributed by atoms with Crippen molar-refractivity contribution in [3.05, 3.63) is 99.5 Å². The number of amides is 1. The van der Waals surface area contributed by atoms with Gasteiger partial charge in [0.15, 0.2) is 0 Å². The van der Waals surface area contributed by atoms with Gasteiger partial charge in [0.05, 0.1) is 18.2 Å². The number of halogens is 1. The Morgan fingerprint density at radius 2 is 1.71 bits per heavy atom. The van der Waals surface area contributed by atoms with Gasteiger partial charge in [-0.05, 0) is 41.3 Å². The Hall–Kier alpha value is -3.25. The molecule has 140 valence electrons. The summed E-state index contributed by atoms with van der Waals surface area (Å²) in [6.45, 7) is 0.266. The molecule has 0 radical (unpaired) electrons. The number of rotatable bonds is 4. The van der Waals surface area contributed by atoms with E-state index in [1.165, 1.54) is 40.5 Å². The lowest BCUT2D eigenvalue weighted by molar-refractivity contribution is -0.140. The van der Waals surface area contributed by atoms with Crippen molar-refractivity contribution in [1.82, 2.24) is 4.90 Å². The largest absolute Gasteiger partial charge is 0.507 e. The van der Waals surface area contributed by atoms with Crippen LogP contribution in [0.1, 0.15) is 22.0 Å². The predicted molar refractivity (Wildman–Crippen MR) is 105 cm³/mol. The molecule has 0 saturated carbocycles. The average Bonchev–Trinajstić information content (AvgIpc) is 3.31. The number of carbonyl (C=O) groups is 2. The van der Waals surface area contributed by atoms with Gasteiger partial charge >= 0.3 is 0 Å². The van der Waals surface area contributed by atoms with Crippen LogP contribution in [0, 0.1) is 5.82 Å². The number of carbonyl (C=O) groups excluding carboxylic acids is 2. The SMILES string of the molecule is O=C1C(=O)N(Cc2cccs2)C(c2ccccc2)/C1=C(/O)c1ccc(F)cc1. The maximum absolute atomic E-state index is 13.3. The number of Topliss-reactive ketones (excluding diaryl/α,β-unsaturated/α-hetero) is 1. The summed E-state index contributed by atoms with van der Waals surface area (Å²) < 4.78 is 13.3. The van der Waals surface area contributed by atoms with Gasteiger partial charge in [0.2, 0.25) is 0 Å². The first-order valence-electron chi connectivity index (χ1n) is 8.68. The Balaban J connectivity index is 1.85. The van der Waals surface area contributed by atoms with Crippen LogP contribution in [0.15, 0.2) is 77.7 Å². The van der Waals surface area contributed by atoms with E-state index in [9.17, 15) is 19.1 Å². The summed E-state index contributed by atoms with van der Waals surface area (Å²) in [5.74, 6) is -2.16. The minimum Gasteiger partial charge on any atom is -0.507 e. The monoisotopic (exact) mass is 393 g/mol. The van der Waals surface area contributed by atoms with E-state index in [-0.39, 0.29) is 23.4 Å². The van der Waals surface area contributed by atoms with E-state index in [1.807, 2.05) is 47.8 Å². The molecule has 1 atom stereocenters. The van der Waals surface area contributed by atoms with Gasteiger partial charge < -0.3 is 10.0 Å². The fourth-order valence-corrected chi connectivity index (χ4v) is 4.06. The molecule has 1 aromatic heterocycles. The van der Waals surface area contributed by atoms with Crippen LogP contribution >= 0.6 is 11.3 Å². The Morgan fingerprint density at radius 3 is 2.36 bits per heavy atom. The number of likely N-dealkylation sites (tertiary alicyclic amines) is 1. The number of nitrogens with zero attached hydrogens (tertiary/aromatic N) is 1. The van der Waals surface area contributed by atoms with Crippen molar-refractivity contribution in [2.24, 2.45) is 0 Å². The summed E-state index contributed by atoms with van der Waals surface area (Å²) in [5.41, 5.74) is 1.03. The normalized spacial score (nSPS) is 18.6. The highest BCUT2D eigenvalue weighted by Crippen LogP contribution is 2.40. The number of aliphatic hydroxyl groups excluding tert-OH is 1. The summed E-state index contributed by atoms with van der Waals surface area (Å²) >= 11 is 1.49. The highest BCUT2D eigenvalue weighted by molar-refractivity contribution is 7.09. The second-order valence-electron chi connectivity index (χ2n) is 6.42. The number of hydrogen-bond acceptors (Lipinski definition) is 4.